The zero-order valence-electron chi connectivity index (χ0n) is 14.6. The van der Waals surface area contributed by atoms with Crippen molar-refractivity contribution >= 4 is 28.6 Å². The summed E-state index contributed by atoms with van der Waals surface area (Å²) in [5.41, 5.74) is 2.38. The molecule has 3 nitrogen and oxygen atoms in total. The predicted octanol–water partition coefficient (Wildman–Crippen LogP) is 5.81. The van der Waals surface area contributed by atoms with Gasteiger partial charge in [0.2, 0.25) is 0 Å². The molecule has 3 heteroatoms. The Labute approximate surface area is 157 Å². The molecule has 0 unspecified atom stereocenters. The summed E-state index contributed by atoms with van der Waals surface area (Å²) < 4.78 is 5.54. The summed E-state index contributed by atoms with van der Waals surface area (Å²) in [5.74, 6) is 0.124. The summed E-state index contributed by atoms with van der Waals surface area (Å²) in [6.45, 7) is 0. The average molecular weight is 351 g/mol. The van der Waals surface area contributed by atoms with Crippen LogP contribution in [0, 0.1) is 0 Å². The molecular formula is C24H17NO2. The SMILES string of the molecule is O=C(Oc1ccc2cccc(N=Cc3ccccc3)c2c1)c1ccccc1. The van der Waals surface area contributed by atoms with Gasteiger partial charge in [-0.2, -0.15) is 0 Å². The summed E-state index contributed by atoms with van der Waals surface area (Å²) in [6.07, 6.45) is 1.83. The highest BCUT2D eigenvalue weighted by Crippen LogP contribution is 2.29. The van der Waals surface area contributed by atoms with Gasteiger partial charge < -0.3 is 4.74 Å². The van der Waals surface area contributed by atoms with Crippen LogP contribution in [0.15, 0.2) is 102 Å². The quantitative estimate of drug-likeness (QED) is 0.264. The number of carbonyl (C=O) groups is 1. The molecule has 0 atom stereocenters. The highest BCUT2D eigenvalue weighted by atomic mass is 16.5. The summed E-state index contributed by atoms with van der Waals surface area (Å²) in [6, 6.07) is 30.4. The second kappa shape index (κ2) is 7.67. The molecule has 0 radical (unpaired) electrons. The molecule has 4 rings (SSSR count). The van der Waals surface area contributed by atoms with E-state index in [0.29, 0.717) is 11.3 Å². The lowest BCUT2D eigenvalue weighted by Gasteiger charge is -2.07. The highest BCUT2D eigenvalue weighted by molar-refractivity contribution is 5.97. The molecule has 0 saturated heterocycles. The van der Waals surface area contributed by atoms with Crippen molar-refractivity contribution in [3.8, 4) is 5.75 Å². The van der Waals surface area contributed by atoms with E-state index < -0.39 is 0 Å². The van der Waals surface area contributed by atoms with Gasteiger partial charge in [-0.25, -0.2) is 4.79 Å². The number of rotatable bonds is 4. The molecule has 4 aromatic rings. The summed E-state index contributed by atoms with van der Waals surface area (Å²) in [5, 5.41) is 1.97. The zero-order valence-corrected chi connectivity index (χ0v) is 14.6. The van der Waals surface area contributed by atoms with Crippen molar-refractivity contribution in [3.05, 3.63) is 108 Å². The normalized spacial score (nSPS) is 11.0. The van der Waals surface area contributed by atoms with Crippen molar-refractivity contribution in [3.63, 3.8) is 0 Å². The van der Waals surface area contributed by atoms with Crippen molar-refractivity contribution < 1.29 is 9.53 Å². The van der Waals surface area contributed by atoms with Gasteiger partial charge >= 0.3 is 5.97 Å². The van der Waals surface area contributed by atoms with E-state index in [1.165, 1.54) is 0 Å². The highest BCUT2D eigenvalue weighted by Gasteiger charge is 2.09. The molecular weight excluding hydrogens is 334 g/mol. The summed E-state index contributed by atoms with van der Waals surface area (Å²) >= 11 is 0. The van der Waals surface area contributed by atoms with E-state index in [1.807, 2.05) is 85.1 Å². The third kappa shape index (κ3) is 3.93. The van der Waals surface area contributed by atoms with Gasteiger partial charge in [0.1, 0.15) is 5.75 Å². The van der Waals surface area contributed by atoms with E-state index in [-0.39, 0.29) is 5.97 Å². The third-order valence-electron chi connectivity index (χ3n) is 4.20. The van der Waals surface area contributed by atoms with Crippen LogP contribution in [-0.4, -0.2) is 12.2 Å². The molecule has 0 bridgehead atoms. The first-order chi connectivity index (χ1) is 13.3. The van der Waals surface area contributed by atoms with Crippen LogP contribution in [0.3, 0.4) is 0 Å². The summed E-state index contributed by atoms with van der Waals surface area (Å²) in [4.78, 5) is 16.9. The molecule has 0 aromatic heterocycles. The Morgan fingerprint density at radius 3 is 2.30 bits per heavy atom. The second-order valence-corrected chi connectivity index (χ2v) is 6.08. The monoisotopic (exact) mass is 351 g/mol. The Bertz CT molecular complexity index is 1100. The van der Waals surface area contributed by atoms with Gasteiger partial charge in [0.05, 0.1) is 11.3 Å². The lowest BCUT2D eigenvalue weighted by Crippen LogP contribution is -2.07. The molecule has 130 valence electrons. The van der Waals surface area contributed by atoms with Gasteiger partial charge in [0.25, 0.3) is 0 Å². The molecule has 0 aliphatic rings. The zero-order chi connectivity index (χ0) is 18.5. The molecule has 4 aromatic carbocycles. The molecule has 0 spiro atoms. The fourth-order valence-electron chi connectivity index (χ4n) is 2.83. The second-order valence-electron chi connectivity index (χ2n) is 6.08. The maximum Gasteiger partial charge on any atom is 0.343 e. The van der Waals surface area contributed by atoms with Crippen LogP contribution in [0.4, 0.5) is 5.69 Å². The van der Waals surface area contributed by atoms with Crippen LogP contribution in [0.25, 0.3) is 10.8 Å². The minimum Gasteiger partial charge on any atom is -0.423 e. The number of hydrogen-bond donors (Lipinski definition) is 0. The van der Waals surface area contributed by atoms with E-state index in [1.54, 1.807) is 18.2 Å². The van der Waals surface area contributed by atoms with E-state index in [4.69, 9.17) is 4.74 Å². The van der Waals surface area contributed by atoms with Crippen LogP contribution in [0.5, 0.6) is 5.75 Å². The van der Waals surface area contributed by atoms with E-state index in [0.717, 1.165) is 22.0 Å². The smallest absolute Gasteiger partial charge is 0.343 e. The summed E-state index contributed by atoms with van der Waals surface area (Å²) in [7, 11) is 0. The molecule has 0 heterocycles. The molecule has 0 saturated carbocycles. The Morgan fingerprint density at radius 1 is 0.778 bits per heavy atom. The number of hydrogen-bond acceptors (Lipinski definition) is 3. The minimum atomic E-state index is -0.375. The van der Waals surface area contributed by atoms with E-state index >= 15 is 0 Å². The first-order valence-electron chi connectivity index (χ1n) is 8.69. The van der Waals surface area contributed by atoms with Gasteiger partial charge in [-0.1, -0.05) is 66.7 Å². The minimum absolute atomic E-state index is 0.375. The Hall–Kier alpha value is -3.72. The van der Waals surface area contributed by atoms with Crippen molar-refractivity contribution in [2.75, 3.05) is 0 Å². The van der Waals surface area contributed by atoms with Crippen LogP contribution < -0.4 is 4.74 Å². The Morgan fingerprint density at radius 2 is 1.52 bits per heavy atom. The van der Waals surface area contributed by atoms with Crippen LogP contribution >= 0.6 is 0 Å². The number of carbonyl (C=O) groups excluding carboxylic acids is 1. The third-order valence-corrected chi connectivity index (χ3v) is 4.20. The van der Waals surface area contributed by atoms with Crippen molar-refractivity contribution in [1.29, 1.82) is 0 Å². The van der Waals surface area contributed by atoms with Crippen LogP contribution in [-0.2, 0) is 0 Å². The first kappa shape index (κ1) is 16.7. The average Bonchev–Trinajstić information content (AvgIpc) is 2.73. The maximum absolute atomic E-state index is 12.3. The Kier molecular flexibility index (Phi) is 4.75. The van der Waals surface area contributed by atoms with E-state index in [9.17, 15) is 4.79 Å². The lowest BCUT2D eigenvalue weighted by atomic mass is 10.1. The fourth-order valence-corrected chi connectivity index (χ4v) is 2.83. The number of aliphatic imine (C=N–C) groups is 1. The van der Waals surface area contributed by atoms with Gasteiger partial charge in [-0.15, -0.1) is 0 Å². The van der Waals surface area contributed by atoms with Gasteiger partial charge in [0.15, 0.2) is 0 Å². The number of nitrogens with zero attached hydrogens (tertiary/aromatic N) is 1. The fraction of sp³-hybridized carbons (Fsp3) is 0. The Balaban J connectivity index is 1.65. The van der Waals surface area contributed by atoms with Crippen molar-refractivity contribution in [2.24, 2.45) is 4.99 Å². The molecule has 0 aliphatic carbocycles. The van der Waals surface area contributed by atoms with Crippen molar-refractivity contribution in [2.45, 2.75) is 0 Å². The number of benzene rings is 4. The predicted molar refractivity (Wildman–Crippen MR) is 109 cm³/mol. The van der Waals surface area contributed by atoms with Crippen molar-refractivity contribution in [1.82, 2.24) is 0 Å². The largest absolute Gasteiger partial charge is 0.423 e. The van der Waals surface area contributed by atoms with Gasteiger partial charge in [-0.3, -0.25) is 4.99 Å². The first-order valence-corrected chi connectivity index (χ1v) is 8.69. The van der Waals surface area contributed by atoms with Gasteiger partial charge in [0, 0.05) is 11.6 Å². The van der Waals surface area contributed by atoms with E-state index in [2.05, 4.69) is 4.99 Å². The molecule has 0 fully saturated rings. The number of fused-ring (bicyclic) bond motifs is 1. The van der Waals surface area contributed by atoms with Crippen LogP contribution in [0.2, 0.25) is 0 Å². The molecule has 0 aliphatic heterocycles. The number of esters is 1. The number of ether oxygens (including phenoxy) is 1. The molecule has 27 heavy (non-hydrogen) atoms. The molecule has 0 amide bonds. The topological polar surface area (TPSA) is 38.7 Å². The van der Waals surface area contributed by atoms with Gasteiger partial charge in [-0.05, 0) is 41.3 Å². The lowest BCUT2D eigenvalue weighted by molar-refractivity contribution is 0.0735. The standard InChI is InChI=1S/C24H17NO2/c26-24(20-10-5-2-6-11-20)27-21-15-14-19-12-7-13-23(22(19)16-21)25-17-18-8-3-1-4-9-18/h1-17H. The maximum atomic E-state index is 12.3. The molecule has 0 N–H and O–H groups in total. The van der Waals surface area contributed by atoms with Crippen LogP contribution in [0.1, 0.15) is 15.9 Å².